The third-order valence-electron chi connectivity index (χ3n) is 4.17. The second kappa shape index (κ2) is 6.94. The molecule has 0 saturated heterocycles. The van der Waals surface area contributed by atoms with Gasteiger partial charge in [0.2, 0.25) is 0 Å². The minimum atomic E-state index is -3.88. The highest BCUT2D eigenvalue weighted by atomic mass is 32.2. The lowest BCUT2D eigenvalue weighted by Crippen LogP contribution is -2.18. The summed E-state index contributed by atoms with van der Waals surface area (Å²) >= 11 is 0. The first-order chi connectivity index (χ1) is 12.6. The third kappa shape index (κ3) is 3.68. The van der Waals surface area contributed by atoms with E-state index in [9.17, 15) is 13.5 Å². The van der Waals surface area contributed by atoms with Crippen molar-refractivity contribution in [2.75, 3.05) is 0 Å². The number of aromatic nitrogens is 1. The second-order valence-electron chi connectivity index (χ2n) is 7.50. The first kappa shape index (κ1) is 19.3. The maximum Gasteiger partial charge on any atom is 0.268 e. The van der Waals surface area contributed by atoms with E-state index in [1.54, 1.807) is 55.6 Å². The molecule has 0 aliphatic heterocycles. The molecule has 3 aromatic rings. The predicted molar refractivity (Wildman–Crippen MR) is 109 cm³/mol. The fourth-order valence-electron chi connectivity index (χ4n) is 3.00. The topological polar surface area (TPSA) is 71.7 Å². The first-order valence-corrected chi connectivity index (χ1v) is 10.2. The molecule has 1 N–H and O–H groups in total. The second-order valence-corrected chi connectivity index (χ2v) is 9.29. The van der Waals surface area contributed by atoms with Gasteiger partial charge in [0.15, 0.2) is 0 Å². The van der Waals surface area contributed by atoms with Crippen LogP contribution in [-0.4, -0.2) is 29.3 Å². The van der Waals surface area contributed by atoms with Gasteiger partial charge < -0.3 is 5.11 Å². The standard InChI is InChI=1S/C21H24N2O3S/c1-15(24)20-18(14-22-21(2,3)4)17-12-8-9-13-19(17)23(20)27(25,26)16-10-6-5-7-11-16/h5-15,24H,1-4H3. The highest BCUT2D eigenvalue weighted by Gasteiger charge is 2.28. The van der Waals surface area contributed by atoms with E-state index in [-0.39, 0.29) is 10.4 Å². The average molecular weight is 385 g/mol. The van der Waals surface area contributed by atoms with E-state index < -0.39 is 16.1 Å². The van der Waals surface area contributed by atoms with Gasteiger partial charge in [0.1, 0.15) is 0 Å². The molecule has 1 aromatic heterocycles. The molecule has 0 saturated carbocycles. The van der Waals surface area contributed by atoms with Crippen molar-refractivity contribution in [1.82, 2.24) is 3.97 Å². The van der Waals surface area contributed by atoms with Crippen molar-refractivity contribution in [3.63, 3.8) is 0 Å². The molecule has 0 radical (unpaired) electrons. The molecule has 1 atom stereocenters. The molecule has 1 heterocycles. The lowest BCUT2D eigenvalue weighted by atomic mass is 10.1. The van der Waals surface area contributed by atoms with Gasteiger partial charge in [-0.05, 0) is 45.9 Å². The summed E-state index contributed by atoms with van der Waals surface area (Å²) < 4.78 is 28.0. The minimum Gasteiger partial charge on any atom is -0.387 e. The number of aliphatic hydroxyl groups excluding tert-OH is 1. The molecule has 0 fully saturated rings. The van der Waals surface area contributed by atoms with Crippen LogP contribution in [-0.2, 0) is 10.0 Å². The van der Waals surface area contributed by atoms with Gasteiger partial charge in [0.05, 0.1) is 27.7 Å². The van der Waals surface area contributed by atoms with Crippen LogP contribution in [0.4, 0.5) is 0 Å². The van der Waals surface area contributed by atoms with Crippen LogP contribution in [0.15, 0.2) is 64.5 Å². The van der Waals surface area contributed by atoms with Crippen LogP contribution >= 0.6 is 0 Å². The van der Waals surface area contributed by atoms with Crippen molar-refractivity contribution in [1.29, 1.82) is 0 Å². The minimum absolute atomic E-state index is 0.173. The van der Waals surface area contributed by atoms with E-state index in [4.69, 9.17) is 0 Å². The normalized spacial score (nSPS) is 14.1. The molecule has 2 aromatic carbocycles. The summed E-state index contributed by atoms with van der Waals surface area (Å²) in [6.07, 6.45) is 0.679. The van der Waals surface area contributed by atoms with Crippen LogP contribution in [0.25, 0.3) is 10.9 Å². The fourth-order valence-corrected chi connectivity index (χ4v) is 4.64. The summed E-state index contributed by atoms with van der Waals surface area (Å²) in [4.78, 5) is 4.72. The van der Waals surface area contributed by atoms with Gasteiger partial charge in [-0.15, -0.1) is 0 Å². The van der Waals surface area contributed by atoms with Gasteiger partial charge in [-0.25, -0.2) is 12.4 Å². The van der Waals surface area contributed by atoms with Crippen molar-refractivity contribution in [3.8, 4) is 0 Å². The molecule has 6 heteroatoms. The SMILES string of the molecule is CC(O)c1c(C=NC(C)(C)C)c2ccccc2n1S(=O)(=O)c1ccccc1. The fraction of sp³-hybridized carbons (Fsp3) is 0.286. The van der Waals surface area contributed by atoms with E-state index in [1.807, 2.05) is 32.9 Å². The van der Waals surface area contributed by atoms with Gasteiger partial charge in [0, 0.05) is 17.2 Å². The van der Waals surface area contributed by atoms with Crippen LogP contribution in [0.3, 0.4) is 0 Å². The highest BCUT2D eigenvalue weighted by molar-refractivity contribution is 7.90. The molecular weight excluding hydrogens is 360 g/mol. The van der Waals surface area contributed by atoms with E-state index in [0.29, 0.717) is 16.8 Å². The van der Waals surface area contributed by atoms with Crippen molar-refractivity contribution in [2.45, 2.75) is 44.2 Å². The van der Waals surface area contributed by atoms with Gasteiger partial charge >= 0.3 is 0 Å². The number of benzene rings is 2. The lowest BCUT2D eigenvalue weighted by molar-refractivity contribution is 0.193. The number of rotatable bonds is 4. The molecule has 0 spiro atoms. The first-order valence-electron chi connectivity index (χ1n) is 8.80. The Labute approximate surface area is 160 Å². The summed E-state index contributed by atoms with van der Waals surface area (Å²) in [7, 11) is -3.88. The van der Waals surface area contributed by atoms with Crippen LogP contribution in [0.1, 0.15) is 45.1 Å². The molecule has 1 unspecified atom stereocenters. The summed E-state index contributed by atoms with van der Waals surface area (Å²) in [5, 5.41) is 11.2. The predicted octanol–water partition coefficient (Wildman–Crippen LogP) is 4.15. The zero-order valence-electron chi connectivity index (χ0n) is 15.9. The molecule has 142 valence electrons. The highest BCUT2D eigenvalue weighted by Crippen LogP contribution is 2.33. The van der Waals surface area contributed by atoms with Gasteiger partial charge in [-0.2, -0.15) is 0 Å². The van der Waals surface area contributed by atoms with Gasteiger partial charge in [0.25, 0.3) is 10.0 Å². The third-order valence-corrected chi connectivity index (χ3v) is 5.91. The Morgan fingerprint density at radius 2 is 1.63 bits per heavy atom. The number of fused-ring (bicyclic) bond motifs is 1. The van der Waals surface area contributed by atoms with Crippen LogP contribution in [0.2, 0.25) is 0 Å². The quantitative estimate of drug-likeness (QED) is 0.687. The van der Waals surface area contributed by atoms with E-state index in [2.05, 4.69) is 4.99 Å². The van der Waals surface area contributed by atoms with Crippen molar-refractivity contribution in [2.24, 2.45) is 4.99 Å². The smallest absolute Gasteiger partial charge is 0.268 e. The molecule has 27 heavy (non-hydrogen) atoms. The summed E-state index contributed by atoms with van der Waals surface area (Å²) in [5.74, 6) is 0. The van der Waals surface area contributed by atoms with Gasteiger partial charge in [-0.3, -0.25) is 4.99 Å². The van der Waals surface area contributed by atoms with Gasteiger partial charge in [-0.1, -0.05) is 36.4 Å². The molecular formula is C21H24N2O3S. The number of aliphatic imine (C=N–C) groups is 1. The molecule has 3 rings (SSSR count). The number of hydrogen-bond donors (Lipinski definition) is 1. The monoisotopic (exact) mass is 384 g/mol. The zero-order valence-corrected chi connectivity index (χ0v) is 16.7. The van der Waals surface area contributed by atoms with E-state index in [0.717, 1.165) is 5.39 Å². The van der Waals surface area contributed by atoms with Crippen LogP contribution in [0, 0.1) is 0 Å². The number of hydrogen-bond acceptors (Lipinski definition) is 4. The molecule has 5 nitrogen and oxygen atoms in total. The van der Waals surface area contributed by atoms with Crippen molar-refractivity contribution in [3.05, 3.63) is 65.9 Å². The lowest BCUT2D eigenvalue weighted by Gasteiger charge is -2.15. The van der Waals surface area contributed by atoms with E-state index >= 15 is 0 Å². The number of aliphatic hydroxyl groups is 1. The number of nitrogens with zero attached hydrogens (tertiary/aromatic N) is 2. The molecule has 0 amide bonds. The molecule has 0 aliphatic rings. The van der Waals surface area contributed by atoms with Crippen molar-refractivity contribution >= 4 is 27.1 Å². The Morgan fingerprint density at radius 3 is 2.22 bits per heavy atom. The van der Waals surface area contributed by atoms with E-state index in [1.165, 1.54) is 3.97 Å². The van der Waals surface area contributed by atoms with Crippen LogP contribution in [0.5, 0.6) is 0 Å². The Bertz CT molecular complexity index is 1090. The number of para-hydroxylation sites is 1. The maximum absolute atomic E-state index is 13.4. The van der Waals surface area contributed by atoms with Crippen LogP contribution < -0.4 is 0 Å². The summed E-state index contributed by atoms with van der Waals surface area (Å²) in [6, 6.07) is 15.5. The molecule has 0 aliphatic carbocycles. The summed E-state index contributed by atoms with van der Waals surface area (Å²) in [5.41, 5.74) is 1.13. The molecule has 0 bridgehead atoms. The maximum atomic E-state index is 13.4. The van der Waals surface area contributed by atoms with Crippen molar-refractivity contribution < 1.29 is 13.5 Å². The Morgan fingerprint density at radius 1 is 1.04 bits per heavy atom. The zero-order chi connectivity index (χ0) is 19.8. The Balaban J connectivity index is 2.40. The Hall–Kier alpha value is -2.44. The Kier molecular flexibility index (Phi) is 4.97. The largest absolute Gasteiger partial charge is 0.387 e. The average Bonchev–Trinajstić information content (AvgIpc) is 2.95. The summed E-state index contributed by atoms with van der Waals surface area (Å²) in [6.45, 7) is 7.46.